The maximum absolute atomic E-state index is 13.1. The third kappa shape index (κ3) is 3.34. The highest BCUT2D eigenvalue weighted by Crippen LogP contribution is 2.62. The average Bonchev–Trinajstić information content (AvgIpc) is 3.19. The Balaban J connectivity index is 2.00. The normalized spacial score (nSPS) is 32.1. The molecule has 2 atom stereocenters. The Labute approximate surface area is 222 Å². The summed E-state index contributed by atoms with van der Waals surface area (Å²) in [5.74, 6) is -28.2. The molecule has 2 fully saturated rings. The summed E-state index contributed by atoms with van der Waals surface area (Å²) < 4.78 is -0.00556. The lowest BCUT2D eigenvalue weighted by atomic mass is 9.61. The number of carbonyl (C=O) groups is 1. The minimum atomic E-state index is -5.39. The molecule has 230 valence electrons. The number of carbonyl (C=O) groups excluding carboxylic acids is 1. The van der Waals surface area contributed by atoms with Crippen LogP contribution in [0.4, 0.5) is 0 Å². The molecule has 2 saturated heterocycles. The number of nitrogens with zero attached hydrogens (tertiary/aromatic N) is 3. The van der Waals surface area contributed by atoms with Crippen LogP contribution in [0.25, 0.3) is 10.9 Å². The van der Waals surface area contributed by atoms with E-state index in [9.17, 15) is 96.7 Å². The Hall–Kier alpha value is -2.60. The van der Waals surface area contributed by atoms with Gasteiger partial charge in [0.1, 0.15) is 6.04 Å². The molecule has 23 nitrogen and oxygen atoms in total. The van der Waals surface area contributed by atoms with Gasteiger partial charge in [0, 0.05) is 5.39 Å². The lowest BCUT2D eigenvalue weighted by Crippen LogP contribution is -3.07. The minimum absolute atomic E-state index is 0.00556. The van der Waals surface area contributed by atoms with Gasteiger partial charge < -0.3 is 97.2 Å². The fraction of sp³-hybridized carbons (Fsp3) is 0.556. The first kappa shape index (κ1) is 31.3. The number of benzene rings is 1. The second-order valence-corrected chi connectivity index (χ2v) is 9.53. The number of amides is 1. The Morgan fingerprint density at radius 1 is 0.707 bits per heavy atom. The first-order chi connectivity index (χ1) is 18.1. The standard InChI is InChI=1S/C18H24N4O19/c23-8(7-5-3-1-2-4-6(5)21(20-7)17(36,37)38)19-9-10(24,25)12(28)14(30,31)16(34,35)15(32,33)13(29,11(9,26)27)22(12)18(39,40)41/h1-4,9,24-41H,(H,19,23). The predicted molar refractivity (Wildman–Crippen MR) is 113 cm³/mol. The summed E-state index contributed by atoms with van der Waals surface area (Å²) in [5, 5.41) is 189. The molecule has 0 radical (unpaired) electrons. The highest BCUT2D eigenvalue weighted by molar-refractivity contribution is 6.05. The van der Waals surface area contributed by atoms with Gasteiger partial charge in [0.05, 0.1) is 5.52 Å². The zero-order valence-corrected chi connectivity index (χ0v) is 19.7. The van der Waals surface area contributed by atoms with Gasteiger partial charge in [-0.1, -0.05) is 18.2 Å². The van der Waals surface area contributed by atoms with Crippen molar-refractivity contribution in [2.24, 2.45) is 0 Å². The van der Waals surface area contributed by atoms with E-state index in [1.54, 1.807) is 0 Å². The van der Waals surface area contributed by atoms with Crippen LogP contribution in [0.2, 0.25) is 0 Å². The van der Waals surface area contributed by atoms with Crippen LogP contribution in [-0.4, -0.2) is 165 Å². The van der Waals surface area contributed by atoms with Gasteiger partial charge in [-0.3, -0.25) is 4.79 Å². The van der Waals surface area contributed by atoms with Crippen molar-refractivity contribution in [2.45, 2.75) is 58.6 Å². The third-order valence-corrected chi connectivity index (χ3v) is 7.08. The zero-order valence-electron chi connectivity index (χ0n) is 19.7. The molecule has 2 aliphatic rings. The third-order valence-electron chi connectivity index (χ3n) is 7.08. The van der Waals surface area contributed by atoms with Crippen molar-refractivity contribution < 1.29 is 96.7 Å². The van der Waals surface area contributed by atoms with Gasteiger partial charge in [0.25, 0.3) is 23.3 Å². The highest BCUT2D eigenvalue weighted by Gasteiger charge is 2.99. The summed E-state index contributed by atoms with van der Waals surface area (Å²) in [6.45, 7) is 0. The largest absolute Gasteiger partial charge is 0.389 e. The van der Waals surface area contributed by atoms with Gasteiger partial charge in [-0.25, -0.2) is 0 Å². The van der Waals surface area contributed by atoms with Crippen LogP contribution in [0, 0.1) is 0 Å². The van der Waals surface area contributed by atoms with Crippen molar-refractivity contribution in [2.75, 3.05) is 0 Å². The molecule has 2 unspecified atom stereocenters. The van der Waals surface area contributed by atoms with Crippen molar-refractivity contribution in [3.8, 4) is 0 Å². The van der Waals surface area contributed by atoms with Crippen LogP contribution in [0.5, 0.6) is 0 Å². The van der Waals surface area contributed by atoms with Crippen molar-refractivity contribution in [3.05, 3.63) is 30.0 Å². The number of aliphatic hydroxyl groups is 18. The summed E-state index contributed by atoms with van der Waals surface area (Å²) >= 11 is 0. The van der Waals surface area contributed by atoms with Crippen LogP contribution in [0.1, 0.15) is 10.5 Å². The molecule has 19 N–H and O–H groups in total. The molecular weight excluding hydrogens is 576 g/mol. The summed E-state index contributed by atoms with van der Waals surface area (Å²) in [6, 6.07) is 0.742. The Morgan fingerprint density at radius 2 is 1.15 bits per heavy atom. The van der Waals surface area contributed by atoms with E-state index in [-0.39, 0.29) is 4.68 Å². The summed E-state index contributed by atoms with van der Waals surface area (Å²) in [4.78, 5) is 11.4. The van der Waals surface area contributed by atoms with E-state index in [1.165, 1.54) is 17.4 Å². The summed E-state index contributed by atoms with van der Waals surface area (Å²) in [6.07, 6.45) is -8.98. The van der Waals surface area contributed by atoms with Crippen LogP contribution < -0.4 is 5.32 Å². The second kappa shape index (κ2) is 8.06. The Kier molecular flexibility index (Phi) is 6.16. The summed E-state index contributed by atoms with van der Waals surface area (Å²) in [7, 11) is 0. The molecule has 2 aliphatic heterocycles. The minimum Gasteiger partial charge on any atom is -0.366 e. The SMILES string of the molecule is O=C(NC1C(O)(O)C2(O)N(C(O)(O)O)C(O)(C1(O)O)C(O)(O)C(O)(O)C2(O)O)c1nn(C(O)(O)O)c2ccccc12. The number of fused-ring (bicyclic) bond motifs is 3. The van der Waals surface area contributed by atoms with Gasteiger partial charge in [0.2, 0.25) is 23.0 Å². The molecule has 3 heterocycles. The van der Waals surface area contributed by atoms with Gasteiger partial charge in [-0.05, 0) is 6.07 Å². The Morgan fingerprint density at radius 3 is 1.56 bits per heavy atom. The number of hydrogen-bond donors (Lipinski definition) is 19. The second-order valence-electron chi connectivity index (χ2n) is 9.53. The maximum atomic E-state index is 13.1. The Bertz CT molecular complexity index is 1360. The van der Waals surface area contributed by atoms with Crippen LogP contribution in [-0.2, 0) is 6.10 Å². The smallest absolute Gasteiger partial charge is 0.366 e. The number of para-hydroxylation sites is 1. The number of rotatable bonds is 4. The number of nitrogens with one attached hydrogen (secondary N) is 1. The number of aromatic nitrogens is 2. The van der Waals surface area contributed by atoms with Gasteiger partial charge in [-0.2, -0.15) is 9.78 Å². The first-order valence-electron chi connectivity index (χ1n) is 10.7. The summed E-state index contributed by atoms with van der Waals surface area (Å²) in [5.41, 5.74) is -12.1. The molecule has 0 saturated carbocycles. The number of hydrogen-bond acceptors (Lipinski definition) is 21. The maximum Gasteiger partial charge on any atom is 0.389 e. The topological polar surface area (TPSA) is 414 Å². The van der Waals surface area contributed by atoms with E-state index >= 15 is 0 Å². The van der Waals surface area contributed by atoms with E-state index in [0.29, 0.717) is 0 Å². The van der Waals surface area contributed by atoms with E-state index in [4.69, 9.17) is 0 Å². The fourth-order valence-electron chi connectivity index (χ4n) is 5.10. The van der Waals surface area contributed by atoms with Gasteiger partial charge in [0.15, 0.2) is 5.69 Å². The molecule has 2 aromatic rings. The number of piperidine rings is 2. The predicted octanol–water partition coefficient (Wildman–Crippen LogP) is -11.6. The monoisotopic (exact) mass is 600 g/mol. The van der Waals surface area contributed by atoms with Crippen molar-refractivity contribution in [3.63, 3.8) is 0 Å². The lowest BCUT2D eigenvalue weighted by molar-refractivity contribution is -0.671. The fourth-order valence-corrected chi connectivity index (χ4v) is 5.10. The molecular formula is C18H24N4O19. The molecule has 23 heteroatoms. The molecule has 0 spiro atoms. The van der Waals surface area contributed by atoms with Crippen LogP contribution in [0.15, 0.2) is 24.3 Å². The highest BCUT2D eigenvalue weighted by atomic mass is 16.8. The zero-order chi connectivity index (χ0) is 31.8. The molecule has 2 bridgehead atoms. The van der Waals surface area contributed by atoms with E-state index in [2.05, 4.69) is 5.10 Å². The molecule has 1 aromatic carbocycles. The van der Waals surface area contributed by atoms with Crippen LogP contribution >= 0.6 is 0 Å². The molecule has 41 heavy (non-hydrogen) atoms. The quantitative estimate of drug-likeness (QED) is 0.145. The van der Waals surface area contributed by atoms with E-state index in [0.717, 1.165) is 12.1 Å². The molecule has 4 rings (SSSR count). The molecule has 0 aliphatic carbocycles. The van der Waals surface area contributed by atoms with E-state index < -0.39 is 86.0 Å². The van der Waals surface area contributed by atoms with Gasteiger partial charge >= 0.3 is 12.2 Å². The van der Waals surface area contributed by atoms with Crippen molar-refractivity contribution in [1.82, 2.24) is 20.0 Å². The van der Waals surface area contributed by atoms with Crippen molar-refractivity contribution in [1.29, 1.82) is 0 Å². The average molecular weight is 600 g/mol. The van der Waals surface area contributed by atoms with Crippen molar-refractivity contribution >= 4 is 16.8 Å². The molecule has 1 aromatic heterocycles. The van der Waals surface area contributed by atoms with E-state index in [1.807, 2.05) is 0 Å². The van der Waals surface area contributed by atoms with Gasteiger partial charge in [-0.15, -0.1) is 4.90 Å². The molecule has 1 amide bonds. The lowest BCUT2D eigenvalue weighted by Gasteiger charge is -2.73. The first-order valence-corrected chi connectivity index (χ1v) is 10.7. The van der Waals surface area contributed by atoms with Crippen LogP contribution in [0.3, 0.4) is 0 Å².